The summed E-state index contributed by atoms with van der Waals surface area (Å²) < 4.78 is 21.2. The molecule has 2 aromatic carbocycles. The second kappa shape index (κ2) is 33.5. The molecule has 0 aliphatic heterocycles. The van der Waals surface area contributed by atoms with Gasteiger partial charge in [-0.3, -0.25) is 19.2 Å². The van der Waals surface area contributed by atoms with Crippen LogP contribution < -0.4 is 38.9 Å². The molecule has 81 heavy (non-hydrogen) atoms. The summed E-state index contributed by atoms with van der Waals surface area (Å²) >= 11 is 0. The molecule has 0 spiro atoms. The molecule has 0 saturated heterocycles. The zero-order valence-electron chi connectivity index (χ0n) is 47.1. The van der Waals surface area contributed by atoms with Gasteiger partial charge in [-0.15, -0.1) is 0 Å². The van der Waals surface area contributed by atoms with Gasteiger partial charge < -0.3 is 83.4 Å². The second-order valence-electron chi connectivity index (χ2n) is 20.0. The number of carboxylic acid groups (broad SMARTS) is 1. The van der Waals surface area contributed by atoms with Gasteiger partial charge in [0.05, 0.1) is 49.8 Å². The highest BCUT2D eigenvalue weighted by Crippen LogP contribution is 2.42. The number of aliphatic hydroxyl groups is 1. The SMILES string of the molecule is CCC(CC)[C@H](NC(C)=O)[C@@H]1[C@H](O)C(C(=O)OCCCOC(=O)/C=C/c2ccc(C)c(O)c2)C[C@H]1N=C(N)N.CCC(CC)[C@H](NC(C)=O)[C@@H]1[C@H](OC(=O)NCCCOC(=O)/C=C/c2ccc(O)c(O)c2)[C@@H](C(=O)O)C[C@H]1N=C(N)N. The number of nitrogens with one attached hydrogen (secondary N) is 3. The third kappa shape index (κ3) is 21.5. The van der Waals surface area contributed by atoms with E-state index in [-0.39, 0.29) is 105 Å². The lowest BCUT2D eigenvalue weighted by molar-refractivity contribution is -0.153. The van der Waals surface area contributed by atoms with Crippen molar-refractivity contribution in [2.45, 2.75) is 136 Å². The van der Waals surface area contributed by atoms with E-state index in [4.69, 9.17) is 41.9 Å². The van der Waals surface area contributed by atoms with E-state index in [1.807, 2.05) is 27.7 Å². The van der Waals surface area contributed by atoms with E-state index < -0.39 is 90.0 Å². The molecule has 16 N–H and O–H groups in total. The Hall–Kier alpha value is -8.09. The summed E-state index contributed by atoms with van der Waals surface area (Å²) in [5.41, 5.74) is 24.4. The third-order valence-corrected chi connectivity index (χ3v) is 14.3. The van der Waals surface area contributed by atoms with Gasteiger partial charge in [0.15, 0.2) is 23.4 Å². The minimum Gasteiger partial charge on any atom is -0.508 e. The van der Waals surface area contributed by atoms with Crippen molar-refractivity contribution in [1.82, 2.24) is 16.0 Å². The zero-order chi connectivity index (χ0) is 60.5. The monoisotopic (exact) mass is 1140 g/mol. The largest absolute Gasteiger partial charge is 0.508 e. The molecule has 1 unspecified atom stereocenters. The van der Waals surface area contributed by atoms with Crippen molar-refractivity contribution >= 4 is 65.9 Å². The number of carbonyl (C=O) groups excluding carboxylic acids is 6. The van der Waals surface area contributed by atoms with Crippen molar-refractivity contribution in [3.63, 3.8) is 0 Å². The van der Waals surface area contributed by atoms with Crippen molar-refractivity contribution in [2.75, 3.05) is 26.4 Å². The number of aliphatic hydroxyl groups excluding tert-OH is 1. The summed E-state index contributed by atoms with van der Waals surface area (Å²) in [6.07, 6.45) is 5.78. The average molecular weight is 1140 g/mol. The highest BCUT2D eigenvalue weighted by Gasteiger charge is 2.54. The van der Waals surface area contributed by atoms with Crippen molar-refractivity contribution in [2.24, 2.45) is 68.4 Å². The van der Waals surface area contributed by atoms with Gasteiger partial charge >= 0.3 is 30.0 Å². The van der Waals surface area contributed by atoms with E-state index in [0.29, 0.717) is 24.0 Å². The lowest BCUT2D eigenvalue weighted by Gasteiger charge is -2.36. The first-order valence-corrected chi connectivity index (χ1v) is 27.1. The number of aliphatic carboxylic acids is 1. The van der Waals surface area contributed by atoms with Crippen LogP contribution in [0, 0.1) is 42.4 Å². The molecule has 2 saturated carbocycles. The fraction of sp³-hybridized carbons (Fsp3) is 0.554. The first-order chi connectivity index (χ1) is 38.3. The number of rotatable bonds is 27. The van der Waals surface area contributed by atoms with Crippen molar-refractivity contribution in [1.29, 1.82) is 0 Å². The Balaban J connectivity index is 0.000000426. The number of phenols is 3. The Morgan fingerprint density at radius 2 is 1.12 bits per heavy atom. The normalized spacial score (nSPS) is 21.0. The molecule has 2 aliphatic rings. The van der Waals surface area contributed by atoms with Gasteiger partial charge in [0.25, 0.3) is 0 Å². The topological polar surface area (TPSA) is 422 Å². The summed E-state index contributed by atoms with van der Waals surface area (Å²) in [4.78, 5) is 94.3. The number of aryl methyl sites for hydroxylation is 1. The number of carbonyl (C=O) groups is 7. The van der Waals surface area contributed by atoms with Crippen LogP contribution in [-0.2, 0) is 47.7 Å². The number of alkyl carbamates (subject to hydrolysis) is 1. The summed E-state index contributed by atoms with van der Waals surface area (Å²) in [5.74, 6) is -7.67. The van der Waals surface area contributed by atoms with Crippen LogP contribution in [0.5, 0.6) is 17.2 Å². The molecule has 2 aliphatic carbocycles. The van der Waals surface area contributed by atoms with Gasteiger partial charge in [-0.2, -0.15) is 0 Å². The molecule has 2 aromatic rings. The number of nitrogens with two attached hydrogens (primary N) is 4. The Morgan fingerprint density at radius 3 is 1.60 bits per heavy atom. The number of esters is 3. The first kappa shape index (κ1) is 67.2. The zero-order valence-corrected chi connectivity index (χ0v) is 47.1. The van der Waals surface area contributed by atoms with Crippen LogP contribution in [0.4, 0.5) is 4.79 Å². The van der Waals surface area contributed by atoms with Crippen molar-refractivity contribution < 1.29 is 78.0 Å². The van der Waals surface area contributed by atoms with Crippen molar-refractivity contribution in [3.05, 3.63) is 65.2 Å². The van der Waals surface area contributed by atoms with Crippen LogP contribution in [0.25, 0.3) is 12.2 Å². The number of guanidine groups is 2. The van der Waals surface area contributed by atoms with E-state index in [9.17, 15) is 59.1 Å². The maximum atomic E-state index is 12.9. The van der Waals surface area contributed by atoms with E-state index in [0.717, 1.165) is 24.5 Å². The van der Waals surface area contributed by atoms with Crippen molar-refractivity contribution in [3.8, 4) is 17.2 Å². The summed E-state index contributed by atoms with van der Waals surface area (Å²) in [5, 5.41) is 58.1. The van der Waals surface area contributed by atoms with Gasteiger partial charge in [0.2, 0.25) is 11.8 Å². The highest BCUT2D eigenvalue weighted by atomic mass is 16.6. The second-order valence-corrected chi connectivity index (χ2v) is 20.0. The molecule has 448 valence electrons. The molecule has 2 fully saturated rings. The van der Waals surface area contributed by atoms with Gasteiger partial charge in [-0.1, -0.05) is 71.6 Å². The predicted octanol–water partition coefficient (Wildman–Crippen LogP) is 3.21. The predicted molar refractivity (Wildman–Crippen MR) is 300 cm³/mol. The molecular weight excluding hydrogens is 1050 g/mol. The fourth-order valence-electron chi connectivity index (χ4n) is 10.3. The molecular formula is C56H83N9O16. The van der Waals surface area contributed by atoms with Crippen LogP contribution in [0.3, 0.4) is 0 Å². The van der Waals surface area contributed by atoms with Gasteiger partial charge in [-0.25, -0.2) is 24.4 Å². The van der Waals surface area contributed by atoms with Crippen LogP contribution in [-0.4, -0.2) is 142 Å². The van der Waals surface area contributed by atoms with Gasteiger partial charge in [-0.05, 0) is 85.1 Å². The summed E-state index contributed by atoms with van der Waals surface area (Å²) in [6.45, 7) is 12.5. The summed E-state index contributed by atoms with van der Waals surface area (Å²) in [7, 11) is 0. The maximum Gasteiger partial charge on any atom is 0.407 e. The molecule has 25 heteroatoms. The maximum absolute atomic E-state index is 12.9. The van der Waals surface area contributed by atoms with E-state index in [2.05, 4.69) is 25.9 Å². The number of benzene rings is 2. The van der Waals surface area contributed by atoms with Crippen LogP contribution in [0.1, 0.15) is 110 Å². The number of ether oxygens (including phenoxy) is 4. The average Bonchev–Trinajstić information content (AvgIpc) is 4.17. The van der Waals surface area contributed by atoms with Crippen LogP contribution in [0.15, 0.2) is 58.5 Å². The summed E-state index contributed by atoms with van der Waals surface area (Å²) in [6, 6.07) is 6.87. The van der Waals surface area contributed by atoms with Crippen LogP contribution in [0.2, 0.25) is 0 Å². The Bertz CT molecular complexity index is 2560. The number of hydrogen-bond donors (Lipinski definition) is 12. The molecule has 0 bridgehead atoms. The minimum atomic E-state index is -1.18. The number of phenolic OH excluding ortho intramolecular Hbond substituents is 3. The Morgan fingerprint density at radius 1 is 0.654 bits per heavy atom. The third-order valence-electron chi connectivity index (χ3n) is 14.3. The molecule has 10 atom stereocenters. The minimum absolute atomic E-state index is 0.00974. The Labute approximate surface area is 472 Å². The van der Waals surface area contributed by atoms with Gasteiger partial charge in [0, 0.05) is 62.9 Å². The number of amides is 3. The smallest absolute Gasteiger partial charge is 0.407 e. The fourth-order valence-corrected chi connectivity index (χ4v) is 10.3. The standard InChI is InChI=1S/C28H41N5O9.C28H42N4O7/c1-4-17(5-2)24(32-15(3)34)23-19(33-27(29)30)14-18(26(38)39)25(23)42-28(40)31-11-6-12-41-22(37)10-8-16-7-9-20(35)21(36)13-16;1-5-19(6-2)25(31-17(4)33)24-21(32-28(29)30)15-20(26(24)36)27(37)39-13-7-12-38-23(35)11-10-18-9-8-16(3)22(34)14-18/h7-10,13,17-19,23-25,35-36H,4-6,11-12,14H2,1-3H3,(H,31,40)(H,32,34)(H,38,39)(H4,29,30,33);8-11,14,19-21,24-26,34,36H,5-7,12-13,15H2,1-4H3,(H,31,33)(H4,29,30,32)/b10-8+;11-10+/t18-,19+,23+,24-,25+;20?,21-,24-,25+,26-/m01/s1. The first-order valence-electron chi connectivity index (χ1n) is 27.1. The number of aliphatic imine (C=N–C) groups is 2. The Kier molecular flexibility index (Phi) is 27.8. The molecule has 4 rings (SSSR count). The van der Waals surface area contributed by atoms with E-state index in [1.54, 1.807) is 25.1 Å². The molecule has 25 nitrogen and oxygen atoms in total. The van der Waals surface area contributed by atoms with E-state index >= 15 is 0 Å². The number of nitrogens with zero attached hydrogens (tertiary/aromatic N) is 2. The van der Waals surface area contributed by atoms with Gasteiger partial charge in [0.1, 0.15) is 11.9 Å². The number of hydrogen-bond acceptors (Lipinski definition) is 17. The molecule has 0 aromatic heterocycles. The lowest BCUT2D eigenvalue weighted by atomic mass is 9.80. The lowest BCUT2D eigenvalue weighted by Crippen LogP contribution is -2.52. The van der Waals surface area contributed by atoms with Crippen LogP contribution >= 0.6 is 0 Å². The van der Waals surface area contributed by atoms with E-state index in [1.165, 1.54) is 50.3 Å². The molecule has 0 heterocycles. The molecule has 3 amide bonds. The highest BCUT2D eigenvalue weighted by molar-refractivity contribution is 5.88. The quantitative estimate of drug-likeness (QED) is 0.0116. The number of aromatic hydroxyl groups is 3. The molecule has 0 radical (unpaired) electrons. The number of carboxylic acids is 1.